The normalized spacial score (nSPS) is 23.4. The van der Waals surface area contributed by atoms with Gasteiger partial charge in [0, 0.05) is 24.7 Å². The molecule has 100 valence electrons. The number of piperidine rings is 1. The average Bonchev–Trinajstić information content (AvgIpc) is 2.46. The summed E-state index contributed by atoms with van der Waals surface area (Å²) < 4.78 is 0. The van der Waals surface area contributed by atoms with Gasteiger partial charge < -0.3 is 10.6 Å². The highest BCUT2D eigenvalue weighted by Crippen LogP contribution is 2.25. The van der Waals surface area contributed by atoms with Gasteiger partial charge in [-0.3, -0.25) is 0 Å². The Labute approximate surface area is 113 Å². The smallest absolute Gasteiger partial charge is 0.223 e. The van der Waals surface area contributed by atoms with Crippen LogP contribution in [0.25, 0.3) is 10.9 Å². The quantitative estimate of drug-likeness (QED) is 0.885. The molecule has 0 amide bonds. The highest BCUT2D eigenvalue weighted by molar-refractivity contribution is 5.78. The molecule has 2 heterocycles. The van der Waals surface area contributed by atoms with Crippen molar-refractivity contribution in [1.82, 2.24) is 15.3 Å². The van der Waals surface area contributed by atoms with E-state index in [4.69, 9.17) is 0 Å². The molecule has 0 aliphatic carbocycles. The molecule has 4 heteroatoms. The minimum atomic E-state index is 0.299. The number of para-hydroxylation sites is 1. The van der Waals surface area contributed by atoms with Crippen LogP contribution < -0.4 is 10.6 Å². The van der Waals surface area contributed by atoms with Crippen LogP contribution in [0, 0.1) is 5.41 Å². The Morgan fingerprint density at radius 2 is 2.26 bits per heavy atom. The number of nitrogens with zero attached hydrogens (tertiary/aromatic N) is 2. The van der Waals surface area contributed by atoms with Gasteiger partial charge in [-0.2, -0.15) is 0 Å². The van der Waals surface area contributed by atoms with Gasteiger partial charge in [-0.1, -0.05) is 25.1 Å². The SMILES string of the molecule is CC1(CNc2ncc3ccccc3n2)CCCNC1. The van der Waals surface area contributed by atoms with Gasteiger partial charge in [0.2, 0.25) is 5.95 Å². The predicted molar refractivity (Wildman–Crippen MR) is 78.2 cm³/mol. The number of hydrogen-bond acceptors (Lipinski definition) is 4. The lowest BCUT2D eigenvalue weighted by atomic mass is 9.83. The summed E-state index contributed by atoms with van der Waals surface area (Å²) in [5.41, 5.74) is 1.29. The van der Waals surface area contributed by atoms with Crippen molar-refractivity contribution in [3.63, 3.8) is 0 Å². The number of benzene rings is 1. The topological polar surface area (TPSA) is 49.8 Å². The van der Waals surface area contributed by atoms with Crippen molar-refractivity contribution < 1.29 is 0 Å². The van der Waals surface area contributed by atoms with Crippen LogP contribution in [0.2, 0.25) is 0 Å². The van der Waals surface area contributed by atoms with E-state index >= 15 is 0 Å². The largest absolute Gasteiger partial charge is 0.354 e. The maximum absolute atomic E-state index is 4.55. The maximum atomic E-state index is 4.55. The molecule has 4 nitrogen and oxygen atoms in total. The van der Waals surface area contributed by atoms with Crippen LogP contribution in [-0.4, -0.2) is 29.6 Å². The summed E-state index contributed by atoms with van der Waals surface area (Å²) in [6.45, 7) is 5.43. The van der Waals surface area contributed by atoms with E-state index in [1.54, 1.807) is 0 Å². The van der Waals surface area contributed by atoms with Crippen LogP contribution >= 0.6 is 0 Å². The van der Waals surface area contributed by atoms with E-state index in [9.17, 15) is 0 Å². The van der Waals surface area contributed by atoms with Crippen molar-refractivity contribution in [2.75, 3.05) is 25.0 Å². The second-order valence-corrected chi connectivity index (χ2v) is 5.70. The number of aromatic nitrogens is 2. The second-order valence-electron chi connectivity index (χ2n) is 5.70. The molecule has 19 heavy (non-hydrogen) atoms. The van der Waals surface area contributed by atoms with Crippen LogP contribution in [0.4, 0.5) is 5.95 Å². The molecule has 2 aromatic rings. The van der Waals surface area contributed by atoms with Crippen molar-refractivity contribution in [3.8, 4) is 0 Å². The van der Waals surface area contributed by atoms with Crippen molar-refractivity contribution in [1.29, 1.82) is 0 Å². The third-order valence-electron chi connectivity index (χ3n) is 3.85. The molecule has 0 spiro atoms. The number of hydrogen-bond donors (Lipinski definition) is 2. The Bertz CT molecular complexity index is 561. The minimum absolute atomic E-state index is 0.299. The molecule has 1 aliphatic heterocycles. The molecule has 2 N–H and O–H groups in total. The van der Waals surface area contributed by atoms with Gasteiger partial charge in [0.15, 0.2) is 0 Å². The van der Waals surface area contributed by atoms with E-state index in [0.717, 1.165) is 36.5 Å². The van der Waals surface area contributed by atoms with Crippen molar-refractivity contribution in [2.45, 2.75) is 19.8 Å². The standard InChI is InChI=1S/C15H20N4/c1-15(7-4-8-16-10-15)11-18-14-17-9-12-5-2-3-6-13(12)19-14/h2-3,5-6,9,16H,4,7-8,10-11H2,1H3,(H,17,18,19). The average molecular weight is 256 g/mol. The van der Waals surface area contributed by atoms with Crippen LogP contribution in [0.3, 0.4) is 0 Å². The molecular formula is C15H20N4. The lowest BCUT2D eigenvalue weighted by Gasteiger charge is -2.34. The summed E-state index contributed by atoms with van der Waals surface area (Å²) in [6, 6.07) is 8.07. The highest BCUT2D eigenvalue weighted by Gasteiger charge is 2.26. The van der Waals surface area contributed by atoms with Crippen LogP contribution in [-0.2, 0) is 0 Å². The molecule has 1 fully saturated rings. The van der Waals surface area contributed by atoms with Gasteiger partial charge in [0.1, 0.15) is 0 Å². The fraction of sp³-hybridized carbons (Fsp3) is 0.467. The van der Waals surface area contributed by atoms with Crippen molar-refractivity contribution in [3.05, 3.63) is 30.5 Å². The Balaban J connectivity index is 1.71. The molecule has 1 atom stereocenters. The van der Waals surface area contributed by atoms with E-state index < -0.39 is 0 Å². The first-order chi connectivity index (χ1) is 9.25. The molecule has 1 aliphatic rings. The zero-order valence-electron chi connectivity index (χ0n) is 11.3. The lowest BCUT2D eigenvalue weighted by molar-refractivity contribution is 0.253. The molecular weight excluding hydrogens is 236 g/mol. The zero-order valence-corrected chi connectivity index (χ0v) is 11.3. The summed E-state index contributed by atoms with van der Waals surface area (Å²) in [4.78, 5) is 8.93. The molecule has 3 rings (SSSR count). The van der Waals surface area contributed by atoms with E-state index in [0.29, 0.717) is 5.41 Å². The molecule has 1 aromatic heterocycles. The van der Waals surface area contributed by atoms with Crippen molar-refractivity contribution in [2.24, 2.45) is 5.41 Å². The first-order valence-electron chi connectivity index (χ1n) is 6.92. The molecule has 0 bridgehead atoms. The van der Waals surface area contributed by atoms with Crippen molar-refractivity contribution >= 4 is 16.9 Å². The summed E-state index contributed by atoms with van der Waals surface area (Å²) in [5.74, 6) is 0.727. The predicted octanol–water partition coefficient (Wildman–Crippen LogP) is 2.43. The number of anilines is 1. The molecule has 1 saturated heterocycles. The van der Waals surface area contributed by atoms with E-state index in [2.05, 4.69) is 27.5 Å². The minimum Gasteiger partial charge on any atom is -0.354 e. The van der Waals surface area contributed by atoms with Gasteiger partial charge in [-0.25, -0.2) is 9.97 Å². The van der Waals surface area contributed by atoms with Gasteiger partial charge in [0.25, 0.3) is 0 Å². The Hall–Kier alpha value is -1.68. The number of nitrogens with one attached hydrogen (secondary N) is 2. The van der Waals surface area contributed by atoms with E-state index in [1.807, 2.05) is 30.5 Å². The highest BCUT2D eigenvalue weighted by atomic mass is 15.1. The fourth-order valence-corrected chi connectivity index (χ4v) is 2.62. The number of fused-ring (bicyclic) bond motifs is 1. The van der Waals surface area contributed by atoms with Gasteiger partial charge >= 0.3 is 0 Å². The Morgan fingerprint density at radius 1 is 1.37 bits per heavy atom. The first kappa shape index (κ1) is 12.4. The summed E-state index contributed by atoms with van der Waals surface area (Å²) in [5, 5.41) is 7.93. The molecule has 1 aromatic carbocycles. The summed E-state index contributed by atoms with van der Waals surface area (Å²) >= 11 is 0. The van der Waals surface area contributed by atoms with Crippen LogP contribution in [0.15, 0.2) is 30.5 Å². The number of rotatable bonds is 3. The van der Waals surface area contributed by atoms with Crippen LogP contribution in [0.1, 0.15) is 19.8 Å². The summed E-state index contributed by atoms with van der Waals surface area (Å²) in [7, 11) is 0. The van der Waals surface area contributed by atoms with Gasteiger partial charge in [-0.15, -0.1) is 0 Å². The third kappa shape index (κ3) is 2.84. The lowest BCUT2D eigenvalue weighted by Crippen LogP contribution is -2.42. The third-order valence-corrected chi connectivity index (χ3v) is 3.85. The monoisotopic (exact) mass is 256 g/mol. The van der Waals surface area contributed by atoms with Gasteiger partial charge in [-0.05, 0) is 30.9 Å². The maximum Gasteiger partial charge on any atom is 0.223 e. The van der Waals surface area contributed by atoms with Crippen LogP contribution in [0.5, 0.6) is 0 Å². The molecule has 0 radical (unpaired) electrons. The second kappa shape index (κ2) is 5.13. The Kier molecular flexibility index (Phi) is 3.34. The van der Waals surface area contributed by atoms with Gasteiger partial charge in [0.05, 0.1) is 5.52 Å². The zero-order chi connectivity index (χ0) is 13.1. The fourth-order valence-electron chi connectivity index (χ4n) is 2.62. The summed E-state index contributed by atoms with van der Waals surface area (Å²) in [6.07, 6.45) is 4.38. The van der Waals surface area contributed by atoms with E-state index in [1.165, 1.54) is 12.8 Å². The van der Waals surface area contributed by atoms with E-state index in [-0.39, 0.29) is 0 Å². The molecule has 0 saturated carbocycles. The molecule has 1 unspecified atom stereocenters. The first-order valence-corrected chi connectivity index (χ1v) is 6.92. The Morgan fingerprint density at radius 3 is 3.11 bits per heavy atom.